The molecule has 0 saturated carbocycles. The molecule has 1 aromatic rings. The third-order valence-corrected chi connectivity index (χ3v) is 4.07. The van der Waals surface area contributed by atoms with Crippen molar-refractivity contribution in [3.63, 3.8) is 0 Å². The van der Waals surface area contributed by atoms with E-state index in [9.17, 15) is 29.7 Å². The lowest BCUT2D eigenvalue weighted by Gasteiger charge is -2.31. The number of aliphatic hydroxyl groups is 1. The topological polar surface area (TPSA) is 140 Å². The first kappa shape index (κ1) is 17.0. The summed E-state index contributed by atoms with van der Waals surface area (Å²) >= 11 is 0. The average Bonchev–Trinajstić information content (AvgIpc) is 2.53. The van der Waals surface area contributed by atoms with E-state index in [0.29, 0.717) is 6.42 Å². The lowest BCUT2D eigenvalue weighted by molar-refractivity contribution is -0.170. The maximum atomic E-state index is 12.2. The van der Waals surface area contributed by atoms with Crippen molar-refractivity contribution in [2.75, 3.05) is 0 Å². The molecule has 3 rings (SSSR count). The molecule has 2 aliphatic heterocycles. The molecule has 3 N–H and O–H groups in total. The lowest BCUT2D eigenvalue weighted by Crippen LogP contribution is -2.48. The van der Waals surface area contributed by atoms with Gasteiger partial charge in [-0.25, -0.2) is 4.79 Å². The summed E-state index contributed by atoms with van der Waals surface area (Å²) in [5, 5.41) is 30.7. The third-order valence-electron chi connectivity index (χ3n) is 4.07. The summed E-state index contributed by atoms with van der Waals surface area (Å²) in [6, 6.07) is 0. The summed E-state index contributed by atoms with van der Waals surface area (Å²) in [5.41, 5.74) is -2.39. The molecule has 0 amide bonds. The minimum atomic E-state index is -2.43. The smallest absolute Gasteiger partial charge is 0.345 e. The SMILES string of the molecule is CCCCc1c(O)c(O)c2c3c1OC(=O)CC(O)(CC(=O)O2)C(=O)O3. The first-order valence-corrected chi connectivity index (χ1v) is 7.73. The van der Waals surface area contributed by atoms with Gasteiger partial charge in [0.05, 0.1) is 12.8 Å². The predicted octanol–water partition coefficient (Wildman–Crippen LogP) is 0.695. The molecule has 2 aliphatic rings. The summed E-state index contributed by atoms with van der Waals surface area (Å²) in [7, 11) is 0. The van der Waals surface area contributed by atoms with E-state index in [2.05, 4.69) is 0 Å². The van der Waals surface area contributed by atoms with Crippen LogP contribution >= 0.6 is 0 Å². The van der Waals surface area contributed by atoms with Gasteiger partial charge in [0.2, 0.25) is 17.2 Å². The third kappa shape index (κ3) is 2.76. The number of rotatable bonds is 3. The Bertz CT molecular complexity index is 783. The Hall–Kier alpha value is -2.81. The number of phenols is 2. The molecule has 1 unspecified atom stereocenters. The summed E-state index contributed by atoms with van der Waals surface area (Å²) in [5.74, 6) is -6.21. The molecule has 0 spiro atoms. The van der Waals surface area contributed by atoms with Crippen molar-refractivity contribution in [2.24, 2.45) is 0 Å². The molecule has 0 aromatic heterocycles. The molecule has 0 radical (unpaired) electrons. The van der Waals surface area contributed by atoms with E-state index < -0.39 is 59.3 Å². The highest BCUT2D eigenvalue weighted by molar-refractivity contribution is 5.96. The molecule has 134 valence electrons. The van der Waals surface area contributed by atoms with Crippen LogP contribution in [0.3, 0.4) is 0 Å². The highest BCUT2D eigenvalue weighted by Gasteiger charge is 2.49. The normalized spacial score (nSPS) is 22.2. The predicted molar refractivity (Wildman–Crippen MR) is 79.5 cm³/mol. The van der Waals surface area contributed by atoms with E-state index in [0.717, 1.165) is 6.42 Å². The molecule has 1 atom stereocenters. The maximum absolute atomic E-state index is 12.2. The highest BCUT2D eigenvalue weighted by atomic mass is 16.6. The number of fused-ring (bicyclic) bond motifs is 2. The number of hydrogen-bond donors (Lipinski definition) is 3. The number of phenolic OH excluding ortho intramolecular Hbond substituents is 2. The van der Waals surface area contributed by atoms with Crippen LogP contribution in [0.25, 0.3) is 0 Å². The number of carbonyl (C=O) groups excluding carboxylic acids is 3. The van der Waals surface area contributed by atoms with Gasteiger partial charge >= 0.3 is 17.9 Å². The van der Waals surface area contributed by atoms with Crippen molar-refractivity contribution in [1.29, 1.82) is 0 Å². The van der Waals surface area contributed by atoms with Gasteiger partial charge in [0.25, 0.3) is 0 Å². The van der Waals surface area contributed by atoms with Crippen LogP contribution < -0.4 is 14.2 Å². The fraction of sp³-hybridized carbons (Fsp3) is 0.438. The molecule has 2 heterocycles. The summed E-state index contributed by atoms with van der Waals surface area (Å²) < 4.78 is 15.1. The molecule has 1 aromatic carbocycles. The van der Waals surface area contributed by atoms with Crippen LogP contribution in [-0.2, 0) is 20.8 Å². The average molecular weight is 352 g/mol. The van der Waals surface area contributed by atoms with Crippen molar-refractivity contribution in [3.8, 4) is 28.7 Å². The Morgan fingerprint density at radius 1 is 0.920 bits per heavy atom. The van der Waals surface area contributed by atoms with Crippen LogP contribution in [0.2, 0.25) is 0 Å². The highest BCUT2D eigenvalue weighted by Crippen LogP contribution is 2.55. The van der Waals surface area contributed by atoms with E-state index in [1.165, 1.54) is 0 Å². The van der Waals surface area contributed by atoms with Crippen molar-refractivity contribution in [2.45, 2.75) is 44.6 Å². The molecule has 25 heavy (non-hydrogen) atoms. The van der Waals surface area contributed by atoms with E-state index in [4.69, 9.17) is 14.2 Å². The minimum Gasteiger partial charge on any atom is -0.504 e. The van der Waals surface area contributed by atoms with Crippen LogP contribution in [0.1, 0.15) is 38.2 Å². The second kappa shape index (κ2) is 5.92. The molecule has 9 nitrogen and oxygen atoms in total. The van der Waals surface area contributed by atoms with Crippen molar-refractivity contribution >= 4 is 17.9 Å². The van der Waals surface area contributed by atoms with Gasteiger partial charge in [-0.05, 0) is 12.8 Å². The van der Waals surface area contributed by atoms with Crippen LogP contribution in [-0.4, -0.2) is 38.8 Å². The summed E-state index contributed by atoms with van der Waals surface area (Å²) in [6.45, 7) is 1.89. The number of aromatic hydroxyl groups is 2. The zero-order valence-electron chi connectivity index (χ0n) is 13.3. The number of benzene rings is 1. The largest absolute Gasteiger partial charge is 0.504 e. The van der Waals surface area contributed by atoms with E-state index >= 15 is 0 Å². The van der Waals surface area contributed by atoms with Gasteiger partial charge in [-0.15, -0.1) is 0 Å². The quantitative estimate of drug-likeness (QED) is 0.407. The van der Waals surface area contributed by atoms with E-state index in [1.54, 1.807) is 0 Å². The van der Waals surface area contributed by atoms with Crippen LogP contribution in [0, 0.1) is 0 Å². The Morgan fingerprint density at radius 2 is 1.52 bits per heavy atom. The first-order valence-electron chi connectivity index (χ1n) is 7.73. The number of esters is 3. The fourth-order valence-electron chi connectivity index (χ4n) is 2.76. The number of unbranched alkanes of at least 4 members (excludes halogenated alkanes) is 1. The monoisotopic (exact) mass is 352 g/mol. The molecule has 0 saturated heterocycles. The first-order chi connectivity index (χ1) is 11.8. The number of carbonyl (C=O) groups is 3. The second-order valence-electron chi connectivity index (χ2n) is 5.99. The van der Waals surface area contributed by atoms with Gasteiger partial charge in [0.15, 0.2) is 17.1 Å². The minimum absolute atomic E-state index is 0.0429. The number of ether oxygens (including phenoxy) is 3. The Balaban J connectivity index is 2.29. The standard InChI is InChI=1S/C16H16O9/c1-2-3-4-7-10(19)11(20)13-14-12(7)23-8(17)5-16(22,15(21)25-14)6-9(18)24-13/h19-20,22H,2-6H2,1H3. The van der Waals surface area contributed by atoms with Crippen molar-refractivity contribution in [1.82, 2.24) is 0 Å². The van der Waals surface area contributed by atoms with E-state index in [-0.39, 0.29) is 17.7 Å². The van der Waals surface area contributed by atoms with Gasteiger partial charge in [-0.3, -0.25) is 9.59 Å². The Labute approximate surface area is 141 Å². The van der Waals surface area contributed by atoms with E-state index in [1.807, 2.05) is 6.92 Å². The molecular weight excluding hydrogens is 336 g/mol. The zero-order chi connectivity index (χ0) is 18.4. The van der Waals surface area contributed by atoms with Gasteiger partial charge in [0.1, 0.15) is 0 Å². The number of hydrogen-bond acceptors (Lipinski definition) is 9. The summed E-state index contributed by atoms with van der Waals surface area (Å²) in [6.07, 6.45) is -0.160. The molecule has 9 heteroatoms. The van der Waals surface area contributed by atoms with Crippen molar-refractivity contribution in [3.05, 3.63) is 5.56 Å². The van der Waals surface area contributed by atoms with Crippen LogP contribution in [0.15, 0.2) is 0 Å². The summed E-state index contributed by atoms with van der Waals surface area (Å²) in [4.78, 5) is 36.3. The van der Waals surface area contributed by atoms with Crippen LogP contribution in [0.5, 0.6) is 28.7 Å². The van der Waals surface area contributed by atoms with Crippen molar-refractivity contribution < 1.29 is 43.9 Å². The Kier molecular flexibility index (Phi) is 4.03. The van der Waals surface area contributed by atoms with Gasteiger partial charge < -0.3 is 29.5 Å². The van der Waals surface area contributed by atoms with Crippen LogP contribution in [0.4, 0.5) is 0 Å². The van der Waals surface area contributed by atoms with Gasteiger partial charge in [0, 0.05) is 5.56 Å². The second-order valence-corrected chi connectivity index (χ2v) is 5.99. The fourth-order valence-corrected chi connectivity index (χ4v) is 2.76. The molecular formula is C16H16O9. The molecule has 0 fully saturated rings. The van der Waals surface area contributed by atoms with Gasteiger partial charge in [-0.2, -0.15) is 0 Å². The lowest BCUT2D eigenvalue weighted by atomic mass is 9.94. The molecule has 0 aliphatic carbocycles. The zero-order valence-corrected chi connectivity index (χ0v) is 13.3. The maximum Gasteiger partial charge on any atom is 0.345 e. The Morgan fingerprint density at radius 3 is 2.12 bits per heavy atom. The molecule has 2 bridgehead atoms. The van der Waals surface area contributed by atoms with Gasteiger partial charge in [-0.1, -0.05) is 13.3 Å².